The second-order valence-corrected chi connectivity index (χ2v) is 11.8. The number of ether oxygens (including phenoxy) is 2. The van der Waals surface area contributed by atoms with Gasteiger partial charge in [0, 0.05) is 35.5 Å². The maximum atomic E-state index is 18.0. The van der Waals surface area contributed by atoms with Crippen LogP contribution in [0.3, 0.4) is 0 Å². The van der Waals surface area contributed by atoms with Crippen LogP contribution < -0.4 is 0 Å². The summed E-state index contributed by atoms with van der Waals surface area (Å²) < 4.78 is 29.8. The Morgan fingerprint density at radius 3 is 2.49 bits per heavy atom. The average Bonchev–Trinajstić information content (AvgIpc) is 3.06. The summed E-state index contributed by atoms with van der Waals surface area (Å²) in [5, 5.41) is 10.0. The topological polar surface area (TPSA) is 107 Å². The van der Waals surface area contributed by atoms with Gasteiger partial charge in [-0.25, -0.2) is 4.39 Å². The quantitative estimate of drug-likeness (QED) is 0.503. The number of rotatable bonds is 7. The van der Waals surface area contributed by atoms with Crippen LogP contribution in [-0.2, 0) is 28.7 Å². The number of esters is 2. The Kier molecular flexibility index (Phi) is 7.06. The molecule has 8 atom stereocenters. The highest BCUT2D eigenvalue weighted by atomic mass is 19.1. The number of halogens is 1. The van der Waals surface area contributed by atoms with Crippen LogP contribution in [0, 0.1) is 28.6 Å². The van der Waals surface area contributed by atoms with Gasteiger partial charge in [-0.15, -0.1) is 0 Å². The molecule has 4 aliphatic carbocycles. The number of fused-ring (bicyclic) bond motifs is 5. The fraction of sp³-hybridized carbons (Fsp3) is 0.724. The van der Waals surface area contributed by atoms with Crippen molar-refractivity contribution in [1.82, 2.24) is 0 Å². The van der Waals surface area contributed by atoms with Crippen LogP contribution in [-0.4, -0.2) is 52.6 Å². The minimum atomic E-state index is -2.03. The van der Waals surface area contributed by atoms with Crippen LogP contribution in [0.2, 0.25) is 0 Å². The van der Waals surface area contributed by atoms with Gasteiger partial charge in [0.25, 0.3) is 0 Å². The summed E-state index contributed by atoms with van der Waals surface area (Å²) in [4.78, 5) is 51.2. The number of hydrogen-bond acceptors (Lipinski definition) is 7. The molecule has 0 bridgehead atoms. The number of carbonyl (C=O) groups excluding carboxylic acids is 4. The molecule has 8 heteroatoms. The number of aliphatic hydroxyl groups excluding tert-OH is 1. The number of ketones is 2. The van der Waals surface area contributed by atoms with Crippen LogP contribution in [0.4, 0.5) is 4.39 Å². The lowest BCUT2D eigenvalue weighted by Crippen LogP contribution is -2.70. The Morgan fingerprint density at radius 1 is 1.16 bits per heavy atom. The van der Waals surface area contributed by atoms with E-state index in [1.165, 1.54) is 12.2 Å². The van der Waals surface area contributed by atoms with Gasteiger partial charge >= 0.3 is 11.9 Å². The smallest absolute Gasteiger partial charge is 0.306 e. The van der Waals surface area contributed by atoms with Crippen LogP contribution in [0.5, 0.6) is 0 Å². The molecular formula is C29H39FO7. The predicted molar refractivity (Wildman–Crippen MR) is 133 cm³/mol. The Bertz CT molecular complexity index is 1060. The van der Waals surface area contributed by atoms with Gasteiger partial charge < -0.3 is 14.6 Å². The molecule has 4 rings (SSSR count). The van der Waals surface area contributed by atoms with E-state index in [0.717, 1.165) is 0 Å². The summed E-state index contributed by atoms with van der Waals surface area (Å²) >= 11 is 0. The van der Waals surface area contributed by atoms with Gasteiger partial charge in [0.1, 0.15) is 12.7 Å². The van der Waals surface area contributed by atoms with Crippen molar-refractivity contribution in [3.8, 4) is 0 Å². The normalized spacial score (nSPS) is 42.2. The summed E-state index contributed by atoms with van der Waals surface area (Å²) in [6.45, 7) is 8.06. The largest absolute Gasteiger partial charge is 0.459 e. The Morgan fingerprint density at radius 2 is 1.86 bits per heavy atom. The van der Waals surface area contributed by atoms with Crippen molar-refractivity contribution in [3.63, 3.8) is 0 Å². The van der Waals surface area contributed by atoms with Gasteiger partial charge in [0.15, 0.2) is 17.1 Å². The molecule has 0 unspecified atom stereocenters. The molecule has 37 heavy (non-hydrogen) atoms. The van der Waals surface area contributed by atoms with Gasteiger partial charge in [0.2, 0.25) is 5.78 Å². The van der Waals surface area contributed by atoms with E-state index < -0.39 is 64.4 Å². The van der Waals surface area contributed by atoms with Crippen molar-refractivity contribution in [1.29, 1.82) is 0 Å². The van der Waals surface area contributed by atoms with Gasteiger partial charge in [-0.3, -0.25) is 19.2 Å². The Hall–Kier alpha value is -2.35. The van der Waals surface area contributed by atoms with Crippen LogP contribution in [0.25, 0.3) is 0 Å². The molecule has 0 aromatic carbocycles. The molecule has 0 aliphatic heterocycles. The summed E-state index contributed by atoms with van der Waals surface area (Å²) in [7, 11) is 0. The second kappa shape index (κ2) is 9.44. The first kappa shape index (κ1) is 27.7. The molecular weight excluding hydrogens is 479 g/mol. The lowest BCUT2D eigenvalue weighted by molar-refractivity contribution is -0.236. The molecule has 0 aromatic rings. The lowest BCUT2D eigenvalue weighted by Gasteiger charge is -2.63. The number of alkyl halides is 1. The summed E-state index contributed by atoms with van der Waals surface area (Å²) in [5.74, 6) is -3.37. The molecule has 4 aliphatic rings. The molecule has 3 saturated carbocycles. The molecule has 7 nitrogen and oxygen atoms in total. The number of Topliss-reactive ketones (excluding diaryl/α,β-unsaturated/α-hetero) is 1. The van der Waals surface area contributed by atoms with E-state index in [9.17, 15) is 24.3 Å². The molecule has 204 valence electrons. The van der Waals surface area contributed by atoms with Gasteiger partial charge in [0.05, 0.1) is 0 Å². The zero-order valence-electron chi connectivity index (χ0n) is 22.5. The first-order chi connectivity index (χ1) is 17.3. The van der Waals surface area contributed by atoms with Crippen molar-refractivity contribution in [2.45, 2.75) is 96.9 Å². The third-order valence-electron chi connectivity index (χ3n) is 10.0. The zero-order chi connectivity index (χ0) is 27.4. The maximum Gasteiger partial charge on any atom is 0.306 e. The molecule has 0 saturated heterocycles. The van der Waals surface area contributed by atoms with Crippen molar-refractivity contribution in [2.24, 2.45) is 28.6 Å². The fourth-order valence-corrected chi connectivity index (χ4v) is 8.28. The average molecular weight is 519 g/mol. The van der Waals surface area contributed by atoms with Crippen molar-refractivity contribution in [3.05, 3.63) is 23.8 Å². The van der Waals surface area contributed by atoms with E-state index in [-0.39, 0.29) is 31.0 Å². The molecule has 3 fully saturated rings. The Balaban J connectivity index is 1.90. The van der Waals surface area contributed by atoms with Crippen LogP contribution in [0.15, 0.2) is 23.8 Å². The third-order valence-corrected chi connectivity index (χ3v) is 10.0. The standard InChI is InChI=1S/C29H39FO7/c1-6-8-25(35)37-29(22(33)16-31)17(3)13-21-20-10-9-18-14-19(32)11-12-26(18,4)28(20,30)23(15-27(21,29)5)36-24(34)7-2/h11-12,14,17,20-21,23,31H,6-10,13,15-16H2,1-5H3/t17-,20-,21-,23-,26-,27-,28-,29-/m0/s1. The van der Waals surface area contributed by atoms with E-state index in [1.807, 2.05) is 20.8 Å². The molecule has 0 spiro atoms. The first-order valence-electron chi connectivity index (χ1n) is 13.5. The third kappa shape index (κ3) is 3.68. The fourth-order valence-electron chi connectivity index (χ4n) is 8.28. The minimum absolute atomic E-state index is 0.0451. The van der Waals surface area contributed by atoms with Crippen molar-refractivity contribution >= 4 is 23.5 Å². The zero-order valence-corrected chi connectivity index (χ0v) is 22.5. The number of carbonyl (C=O) groups is 4. The monoisotopic (exact) mass is 518 g/mol. The van der Waals surface area contributed by atoms with Gasteiger partial charge in [-0.05, 0) is 57.1 Å². The molecule has 1 N–H and O–H groups in total. The SMILES string of the molecule is CCCC(=O)O[C@]1(C(=O)CO)[C@@H](C)C[C@H]2[C@@H]3CCC4=CC(=O)C=C[C@]4(C)[C@@]3(F)[C@@H](OC(=O)CC)C[C@@]21C. The highest BCUT2D eigenvalue weighted by Gasteiger charge is 2.78. The van der Waals surface area contributed by atoms with E-state index >= 15 is 4.39 Å². The minimum Gasteiger partial charge on any atom is -0.459 e. The van der Waals surface area contributed by atoms with Crippen LogP contribution >= 0.6 is 0 Å². The van der Waals surface area contributed by atoms with Crippen molar-refractivity contribution < 1.29 is 38.1 Å². The van der Waals surface area contributed by atoms with E-state index in [4.69, 9.17) is 9.47 Å². The molecule has 0 heterocycles. The number of hydrogen-bond donors (Lipinski definition) is 1. The van der Waals surface area contributed by atoms with E-state index in [1.54, 1.807) is 19.9 Å². The summed E-state index contributed by atoms with van der Waals surface area (Å²) in [6, 6.07) is 0. The highest BCUT2D eigenvalue weighted by Crippen LogP contribution is 2.72. The molecule has 0 amide bonds. The number of allylic oxidation sites excluding steroid dienone is 4. The predicted octanol–water partition coefficient (Wildman–Crippen LogP) is 4.21. The van der Waals surface area contributed by atoms with Gasteiger partial charge in [-0.1, -0.05) is 39.3 Å². The van der Waals surface area contributed by atoms with E-state index in [2.05, 4.69) is 0 Å². The number of aliphatic hydroxyl groups is 1. The maximum absolute atomic E-state index is 18.0. The van der Waals surface area contributed by atoms with Crippen LogP contribution in [0.1, 0.15) is 79.6 Å². The second-order valence-electron chi connectivity index (χ2n) is 11.8. The first-order valence-corrected chi connectivity index (χ1v) is 13.5. The molecule has 0 radical (unpaired) electrons. The van der Waals surface area contributed by atoms with Crippen molar-refractivity contribution in [2.75, 3.05) is 6.61 Å². The molecule has 0 aromatic heterocycles. The Labute approximate surface area is 217 Å². The highest BCUT2D eigenvalue weighted by molar-refractivity contribution is 6.01. The summed E-state index contributed by atoms with van der Waals surface area (Å²) in [5.41, 5.74) is -5.25. The van der Waals surface area contributed by atoms with Gasteiger partial charge in [-0.2, -0.15) is 0 Å². The lowest BCUT2D eigenvalue weighted by atomic mass is 9.44. The van der Waals surface area contributed by atoms with E-state index in [0.29, 0.717) is 31.3 Å². The summed E-state index contributed by atoms with van der Waals surface area (Å²) in [6.07, 6.45) is 5.21.